The van der Waals surface area contributed by atoms with E-state index in [1.807, 2.05) is 4.90 Å². The number of amides is 2. The summed E-state index contributed by atoms with van der Waals surface area (Å²) in [7, 11) is 0. The van der Waals surface area contributed by atoms with Gasteiger partial charge in [0.25, 0.3) is 0 Å². The minimum Gasteiger partial charge on any atom is -0.481 e. The van der Waals surface area contributed by atoms with E-state index in [0.717, 1.165) is 39.0 Å². The van der Waals surface area contributed by atoms with Crippen molar-refractivity contribution in [3.05, 3.63) is 0 Å². The SMILES string of the molecule is O=C(O)C1CCCC1NC(=O)N1CCN2CCCC2C1. The molecule has 3 atom stereocenters. The van der Waals surface area contributed by atoms with Gasteiger partial charge < -0.3 is 15.3 Å². The van der Waals surface area contributed by atoms with Crippen molar-refractivity contribution in [1.82, 2.24) is 15.1 Å². The Bertz CT molecular complexity index is 401. The maximum atomic E-state index is 12.3. The molecule has 3 fully saturated rings. The standard InChI is InChI=1S/C14H23N3O3/c18-13(19)11-4-1-5-12(11)15-14(20)17-8-7-16-6-2-3-10(16)9-17/h10-12H,1-9H2,(H,15,20)(H,18,19). The van der Waals surface area contributed by atoms with Crippen LogP contribution in [0.5, 0.6) is 0 Å². The van der Waals surface area contributed by atoms with Crippen LogP contribution in [-0.4, -0.2) is 65.2 Å². The van der Waals surface area contributed by atoms with Crippen molar-refractivity contribution in [2.24, 2.45) is 5.92 Å². The van der Waals surface area contributed by atoms with Gasteiger partial charge in [-0.15, -0.1) is 0 Å². The zero-order chi connectivity index (χ0) is 14.1. The molecule has 3 rings (SSSR count). The number of nitrogens with zero attached hydrogens (tertiary/aromatic N) is 2. The summed E-state index contributed by atoms with van der Waals surface area (Å²) in [4.78, 5) is 27.8. The van der Waals surface area contributed by atoms with Crippen LogP contribution >= 0.6 is 0 Å². The van der Waals surface area contributed by atoms with Crippen LogP contribution in [-0.2, 0) is 4.79 Å². The second-order valence-corrected chi connectivity index (χ2v) is 6.21. The first-order chi connectivity index (χ1) is 9.65. The molecular weight excluding hydrogens is 258 g/mol. The zero-order valence-electron chi connectivity index (χ0n) is 11.8. The molecule has 0 aromatic heterocycles. The number of carbonyl (C=O) groups is 2. The van der Waals surface area contributed by atoms with Gasteiger partial charge >= 0.3 is 12.0 Å². The number of piperazine rings is 1. The van der Waals surface area contributed by atoms with Crippen LogP contribution in [0, 0.1) is 5.92 Å². The maximum absolute atomic E-state index is 12.3. The lowest BCUT2D eigenvalue weighted by molar-refractivity contribution is -0.142. The normalized spacial score (nSPS) is 34.0. The van der Waals surface area contributed by atoms with Crippen molar-refractivity contribution >= 4 is 12.0 Å². The van der Waals surface area contributed by atoms with Crippen LogP contribution in [0.1, 0.15) is 32.1 Å². The van der Waals surface area contributed by atoms with Crippen LogP contribution in [0.2, 0.25) is 0 Å². The van der Waals surface area contributed by atoms with Gasteiger partial charge in [0.2, 0.25) is 0 Å². The van der Waals surface area contributed by atoms with Gasteiger partial charge in [0.05, 0.1) is 5.92 Å². The third-order valence-electron chi connectivity index (χ3n) is 5.02. The Balaban J connectivity index is 1.55. The lowest BCUT2D eigenvalue weighted by atomic mass is 10.0. The number of carboxylic acid groups (broad SMARTS) is 1. The molecule has 0 aromatic rings. The number of fused-ring (bicyclic) bond motifs is 1. The molecule has 1 saturated carbocycles. The topological polar surface area (TPSA) is 72.9 Å². The van der Waals surface area contributed by atoms with E-state index in [-0.39, 0.29) is 12.1 Å². The highest BCUT2D eigenvalue weighted by Gasteiger charge is 2.37. The molecule has 20 heavy (non-hydrogen) atoms. The van der Waals surface area contributed by atoms with Gasteiger partial charge in [-0.1, -0.05) is 6.42 Å². The highest BCUT2D eigenvalue weighted by molar-refractivity contribution is 5.77. The summed E-state index contributed by atoms with van der Waals surface area (Å²) in [6.45, 7) is 3.65. The average molecular weight is 281 g/mol. The number of carboxylic acids is 1. The molecule has 2 aliphatic heterocycles. The van der Waals surface area contributed by atoms with Crippen LogP contribution in [0.4, 0.5) is 4.79 Å². The molecule has 0 bridgehead atoms. The summed E-state index contributed by atoms with van der Waals surface area (Å²) in [5.74, 6) is -1.19. The summed E-state index contributed by atoms with van der Waals surface area (Å²) >= 11 is 0. The first kappa shape index (κ1) is 13.7. The summed E-state index contributed by atoms with van der Waals surface area (Å²) in [5, 5.41) is 12.1. The molecule has 0 spiro atoms. The van der Waals surface area contributed by atoms with E-state index in [2.05, 4.69) is 10.2 Å². The minimum atomic E-state index is -0.784. The highest BCUT2D eigenvalue weighted by atomic mass is 16.4. The van der Waals surface area contributed by atoms with Gasteiger partial charge in [-0.25, -0.2) is 4.79 Å². The maximum Gasteiger partial charge on any atom is 0.317 e. The second-order valence-electron chi connectivity index (χ2n) is 6.21. The average Bonchev–Trinajstić information content (AvgIpc) is 3.05. The van der Waals surface area contributed by atoms with Gasteiger partial charge in [-0.3, -0.25) is 9.69 Å². The van der Waals surface area contributed by atoms with Crippen LogP contribution in [0.15, 0.2) is 0 Å². The first-order valence-corrected chi connectivity index (χ1v) is 7.67. The van der Waals surface area contributed by atoms with E-state index in [1.165, 1.54) is 12.8 Å². The van der Waals surface area contributed by atoms with E-state index in [1.54, 1.807) is 0 Å². The van der Waals surface area contributed by atoms with Crippen molar-refractivity contribution < 1.29 is 14.7 Å². The molecule has 0 aromatic carbocycles. The molecule has 2 amide bonds. The fraction of sp³-hybridized carbons (Fsp3) is 0.857. The van der Waals surface area contributed by atoms with Crippen LogP contribution in [0.25, 0.3) is 0 Å². The fourth-order valence-electron chi connectivity index (χ4n) is 3.85. The zero-order valence-corrected chi connectivity index (χ0v) is 11.8. The Labute approximate surface area is 119 Å². The molecule has 2 saturated heterocycles. The van der Waals surface area contributed by atoms with Crippen molar-refractivity contribution in [3.8, 4) is 0 Å². The minimum absolute atomic E-state index is 0.0744. The highest BCUT2D eigenvalue weighted by Crippen LogP contribution is 2.26. The van der Waals surface area contributed by atoms with E-state index in [0.29, 0.717) is 12.5 Å². The number of nitrogens with one attached hydrogen (secondary N) is 1. The third kappa shape index (κ3) is 2.61. The van der Waals surface area contributed by atoms with Gasteiger partial charge in [-0.05, 0) is 32.2 Å². The number of carbonyl (C=O) groups excluding carboxylic acids is 1. The number of hydrogen-bond acceptors (Lipinski definition) is 3. The second kappa shape index (κ2) is 5.60. The predicted molar refractivity (Wildman–Crippen MR) is 73.5 cm³/mol. The van der Waals surface area contributed by atoms with Crippen LogP contribution in [0.3, 0.4) is 0 Å². The van der Waals surface area contributed by atoms with E-state index >= 15 is 0 Å². The van der Waals surface area contributed by atoms with Gasteiger partial charge in [-0.2, -0.15) is 0 Å². The van der Waals surface area contributed by atoms with E-state index in [9.17, 15) is 9.59 Å². The summed E-state index contributed by atoms with van der Waals surface area (Å²) in [6, 6.07) is 0.240. The van der Waals surface area contributed by atoms with Gasteiger partial charge in [0.15, 0.2) is 0 Å². The van der Waals surface area contributed by atoms with E-state index in [4.69, 9.17) is 5.11 Å². The smallest absolute Gasteiger partial charge is 0.317 e. The van der Waals surface area contributed by atoms with Crippen molar-refractivity contribution in [2.45, 2.75) is 44.2 Å². The molecule has 112 valence electrons. The molecule has 6 nitrogen and oxygen atoms in total. The molecule has 1 aliphatic carbocycles. The molecule has 6 heteroatoms. The predicted octanol–water partition coefficient (Wildman–Crippen LogP) is 0.729. The molecule has 3 aliphatic rings. The summed E-state index contributed by atoms with van der Waals surface area (Å²) in [5.41, 5.74) is 0. The number of aliphatic carboxylic acids is 1. The largest absolute Gasteiger partial charge is 0.481 e. The van der Waals surface area contributed by atoms with E-state index < -0.39 is 11.9 Å². The molecule has 0 radical (unpaired) electrons. The lowest BCUT2D eigenvalue weighted by Gasteiger charge is -2.38. The van der Waals surface area contributed by atoms with Crippen molar-refractivity contribution in [3.63, 3.8) is 0 Å². The van der Waals surface area contributed by atoms with Crippen LogP contribution < -0.4 is 5.32 Å². The molecular formula is C14H23N3O3. The number of urea groups is 1. The summed E-state index contributed by atoms with van der Waals surface area (Å²) < 4.78 is 0. The number of hydrogen-bond donors (Lipinski definition) is 2. The lowest BCUT2D eigenvalue weighted by Crippen LogP contribution is -2.56. The molecule has 2 N–H and O–H groups in total. The molecule has 2 heterocycles. The Hall–Kier alpha value is -1.30. The molecule has 3 unspecified atom stereocenters. The van der Waals surface area contributed by atoms with Crippen molar-refractivity contribution in [1.29, 1.82) is 0 Å². The number of rotatable bonds is 2. The van der Waals surface area contributed by atoms with Gasteiger partial charge in [0.1, 0.15) is 0 Å². The monoisotopic (exact) mass is 281 g/mol. The van der Waals surface area contributed by atoms with Crippen molar-refractivity contribution in [2.75, 3.05) is 26.2 Å². The first-order valence-electron chi connectivity index (χ1n) is 7.67. The third-order valence-corrected chi connectivity index (χ3v) is 5.02. The summed E-state index contributed by atoms with van der Waals surface area (Å²) in [6.07, 6.45) is 4.75. The van der Waals surface area contributed by atoms with Gasteiger partial charge in [0, 0.05) is 31.7 Å². The fourth-order valence-corrected chi connectivity index (χ4v) is 3.85. The Morgan fingerprint density at radius 2 is 1.90 bits per heavy atom. The Morgan fingerprint density at radius 3 is 2.70 bits per heavy atom. The Morgan fingerprint density at radius 1 is 1.05 bits per heavy atom. The quantitative estimate of drug-likeness (QED) is 0.782. The Kier molecular flexibility index (Phi) is 3.83.